The fraction of sp³-hybridized carbons (Fsp3) is 0.167. The molecule has 8 heteroatoms. The van der Waals surface area contributed by atoms with E-state index in [1.807, 2.05) is 0 Å². The predicted octanol–water partition coefficient (Wildman–Crippen LogP) is 3.87. The Balaban J connectivity index is 2.38. The molecular weight excluding hydrogens is 361 g/mol. The third kappa shape index (κ3) is 3.50. The monoisotopic (exact) mass is 368 g/mol. The average Bonchev–Trinajstić information content (AvgIpc) is 2.36. The molecule has 0 spiro atoms. The summed E-state index contributed by atoms with van der Waals surface area (Å²) in [5.74, 6) is 0. The summed E-state index contributed by atoms with van der Waals surface area (Å²) >= 11 is 3.30. The molecule has 0 fully saturated rings. The molecule has 0 amide bonds. The number of hydrogen-bond acceptors (Lipinski definition) is 3. The lowest BCUT2D eigenvalue weighted by molar-refractivity contribution is -0.152. The van der Waals surface area contributed by atoms with Crippen molar-refractivity contribution in [2.45, 2.75) is 11.1 Å². The van der Waals surface area contributed by atoms with Gasteiger partial charge in [0.2, 0.25) is 0 Å². The van der Waals surface area contributed by atoms with Gasteiger partial charge in [0.1, 0.15) is 0 Å². The average molecular weight is 369 g/mol. The molecule has 20 heavy (non-hydrogen) atoms. The van der Waals surface area contributed by atoms with Gasteiger partial charge in [-0.15, -0.1) is 0 Å². The van der Waals surface area contributed by atoms with Crippen LogP contribution in [0.2, 0.25) is 0 Å². The Kier molecular flexibility index (Phi) is 4.08. The Hall–Kier alpha value is -1.12. The molecule has 0 atom stereocenters. The van der Waals surface area contributed by atoms with Crippen LogP contribution in [0.4, 0.5) is 13.2 Å². The summed E-state index contributed by atoms with van der Waals surface area (Å²) in [6.07, 6.45) is -4.70. The molecule has 0 saturated heterocycles. The first-order chi connectivity index (χ1) is 9.19. The summed E-state index contributed by atoms with van der Waals surface area (Å²) in [5, 5.41) is 1.33. The molecule has 3 nitrogen and oxygen atoms in total. The zero-order valence-electron chi connectivity index (χ0n) is 9.82. The van der Waals surface area contributed by atoms with Gasteiger partial charge < -0.3 is 0 Å². The zero-order chi connectivity index (χ0) is 15.0. The maximum Gasteiger partial charge on any atom is 0.413 e. The highest BCUT2D eigenvalue weighted by molar-refractivity contribution is 9.10. The van der Waals surface area contributed by atoms with Crippen molar-refractivity contribution in [3.8, 4) is 0 Å². The maximum absolute atomic E-state index is 12.0. The highest BCUT2D eigenvalue weighted by atomic mass is 79.9. The van der Waals surface area contributed by atoms with Gasteiger partial charge in [-0.2, -0.15) is 21.6 Å². The van der Waals surface area contributed by atoms with Gasteiger partial charge in [-0.25, -0.2) is 0 Å². The first-order valence-corrected chi connectivity index (χ1v) is 7.54. The van der Waals surface area contributed by atoms with Crippen LogP contribution < -0.4 is 0 Å². The second-order valence-electron chi connectivity index (χ2n) is 3.95. The normalized spacial score (nSPS) is 12.8. The van der Waals surface area contributed by atoms with E-state index in [1.54, 1.807) is 18.2 Å². The van der Waals surface area contributed by atoms with E-state index in [4.69, 9.17) is 0 Å². The third-order valence-corrected chi connectivity index (χ3v) is 4.42. The number of alkyl halides is 3. The van der Waals surface area contributed by atoms with Crippen molar-refractivity contribution in [3.05, 3.63) is 40.9 Å². The Bertz CT molecular complexity index is 741. The third-order valence-electron chi connectivity index (χ3n) is 2.47. The van der Waals surface area contributed by atoms with Crippen molar-refractivity contribution >= 4 is 36.8 Å². The number of rotatable bonds is 3. The van der Waals surface area contributed by atoms with Gasteiger partial charge in [0.05, 0.1) is 4.90 Å². The molecule has 0 unspecified atom stereocenters. The molecule has 0 saturated carbocycles. The fourth-order valence-corrected chi connectivity index (χ4v) is 3.03. The van der Waals surface area contributed by atoms with Crippen LogP contribution in [0.25, 0.3) is 10.8 Å². The standard InChI is InChI=1S/C12H8BrF3O3S/c13-11-3-1-2-8-6-9(4-5-10(8)11)20(17,18)19-7-12(14,15)16/h1-6H,7H2. The first-order valence-electron chi connectivity index (χ1n) is 5.33. The fourth-order valence-electron chi connectivity index (χ4n) is 1.59. The van der Waals surface area contributed by atoms with Crippen molar-refractivity contribution in [1.29, 1.82) is 0 Å². The zero-order valence-corrected chi connectivity index (χ0v) is 12.2. The van der Waals surface area contributed by atoms with Crippen LogP contribution in [0.5, 0.6) is 0 Å². The Morgan fingerprint density at radius 1 is 1.15 bits per heavy atom. The lowest BCUT2D eigenvalue weighted by Crippen LogP contribution is -2.20. The lowest BCUT2D eigenvalue weighted by atomic mass is 10.1. The predicted molar refractivity (Wildman–Crippen MR) is 70.8 cm³/mol. The van der Waals surface area contributed by atoms with E-state index < -0.39 is 22.9 Å². The van der Waals surface area contributed by atoms with E-state index in [-0.39, 0.29) is 4.90 Å². The van der Waals surface area contributed by atoms with Crippen LogP contribution in [0.3, 0.4) is 0 Å². The number of fused-ring (bicyclic) bond motifs is 1. The minimum atomic E-state index is -4.70. The van der Waals surface area contributed by atoms with E-state index in [0.717, 1.165) is 9.86 Å². The molecule has 0 radical (unpaired) electrons. The van der Waals surface area contributed by atoms with E-state index in [2.05, 4.69) is 20.1 Å². The quantitative estimate of drug-likeness (QED) is 0.772. The second-order valence-corrected chi connectivity index (χ2v) is 6.42. The van der Waals surface area contributed by atoms with Crippen LogP contribution in [0, 0.1) is 0 Å². The first kappa shape index (κ1) is 15.3. The van der Waals surface area contributed by atoms with Crippen LogP contribution in [-0.2, 0) is 14.3 Å². The van der Waals surface area contributed by atoms with Crippen molar-refractivity contribution in [2.75, 3.05) is 6.61 Å². The highest BCUT2D eigenvalue weighted by Crippen LogP contribution is 2.27. The SMILES string of the molecule is O=S(=O)(OCC(F)(F)F)c1ccc2c(Br)cccc2c1. The van der Waals surface area contributed by atoms with Crippen molar-refractivity contribution < 1.29 is 25.8 Å². The van der Waals surface area contributed by atoms with Gasteiger partial charge in [0, 0.05) is 4.47 Å². The minimum Gasteiger partial charge on any atom is -0.257 e. The maximum atomic E-state index is 12.0. The van der Waals surface area contributed by atoms with Crippen LogP contribution in [0.15, 0.2) is 45.8 Å². The smallest absolute Gasteiger partial charge is 0.257 e. The molecule has 2 aromatic carbocycles. The van der Waals surface area contributed by atoms with Gasteiger partial charge in [0.25, 0.3) is 10.1 Å². The Morgan fingerprint density at radius 2 is 1.85 bits per heavy atom. The van der Waals surface area contributed by atoms with Crippen LogP contribution in [0.1, 0.15) is 0 Å². The number of hydrogen-bond donors (Lipinski definition) is 0. The Labute approximate surface area is 121 Å². The van der Waals surface area contributed by atoms with Crippen LogP contribution in [-0.4, -0.2) is 21.2 Å². The minimum absolute atomic E-state index is 0.313. The van der Waals surface area contributed by atoms with E-state index in [9.17, 15) is 21.6 Å². The van der Waals surface area contributed by atoms with E-state index >= 15 is 0 Å². The van der Waals surface area contributed by atoms with Gasteiger partial charge in [-0.1, -0.05) is 34.1 Å². The molecule has 0 heterocycles. The molecule has 0 aliphatic rings. The topological polar surface area (TPSA) is 43.4 Å². The van der Waals surface area contributed by atoms with E-state index in [1.165, 1.54) is 18.2 Å². The van der Waals surface area contributed by atoms with Gasteiger partial charge in [0.15, 0.2) is 6.61 Å². The lowest BCUT2D eigenvalue weighted by Gasteiger charge is -2.09. The van der Waals surface area contributed by atoms with Gasteiger partial charge >= 0.3 is 6.18 Å². The number of benzene rings is 2. The summed E-state index contributed by atoms with van der Waals surface area (Å²) < 4.78 is 64.1. The van der Waals surface area contributed by atoms with Gasteiger partial charge in [-0.3, -0.25) is 4.18 Å². The summed E-state index contributed by atoms with van der Waals surface area (Å²) in [6.45, 7) is -1.84. The molecule has 2 rings (SSSR count). The summed E-state index contributed by atoms with van der Waals surface area (Å²) in [5.41, 5.74) is 0. The van der Waals surface area contributed by atoms with Gasteiger partial charge in [-0.05, 0) is 29.0 Å². The molecule has 0 aliphatic heterocycles. The van der Waals surface area contributed by atoms with E-state index in [0.29, 0.717) is 5.39 Å². The molecule has 0 N–H and O–H groups in total. The van der Waals surface area contributed by atoms with Crippen molar-refractivity contribution in [2.24, 2.45) is 0 Å². The molecule has 0 aliphatic carbocycles. The molecule has 108 valence electrons. The molecule has 0 aromatic heterocycles. The highest BCUT2D eigenvalue weighted by Gasteiger charge is 2.31. The molecular formula is C12H8BrF3O3S. The van der Waals surface area contributed by atoms with Crippen molar-refractivity contribution in [3.63, 3.8) is 0 Å². The molecule has 0 bridgehead atoms. The second kappa shape index (κ2) is 5.34. The number of halogens is 4. The Morgan fingerprint density at radius 3 is 2.50 bits per heavy atom. The molecule has 2 aromatic rings. The summed E-state index contributed by atoms with van der Waals surface area (Å²) in [7, 11) is -4.43. The van der Waals surface area contributed by atoms with Crippen molar-refractivity contribution in [1.82, 2.24) is 0 Å². The van der Waals surface area contributed by atoms with Crippen LogP contribution >= 0.6 is 15.9 Å². The largest absolute Gasteiger partial charge is 0.413 e. The summed E-state index contributed by atoms with van der Waals surface area (Å²) in [4.78, 5) is -0.313. The summed E-state index contributed by atoms with van der Waals surface area (Å²) in [6, 6.07) is 9.10.